The zero-order valence-electron chi connectivity index (χ0n) is 20.1. The number of nitrogens with zero attached hydrogens (tertiary/aromatic N) is 4. The molecule has 1 aromatic carbocycles. The molecule has 3 aliphatic rings. The molecule has 2 aromatic rings. The fourth-order valence-corrected chi connectivity index (χ4v) is 5.20. The van der Waals surface area contributed by atoms with Gasteiger partial charge in [-0.1, -0.05) is 12.1 Å². The van der Waals surface area contributed by atoms with Crippen LogP contribution in [-0.2, 0) is 17.7 Å². The normalized spacial score (nSPS) is 24.8. The number of hydrogen-bond acceptors (Lipinski definition) is 6. The Hall–Kier alpha value is -3.28. The molecule has 4 heterocycles. The van der Waals surface area contributed by atoms with Gasteiger partial charge in [-0.15, -0.1) is 0 Å². The van der Waals surface area contributed by atoms with E-state index in [-0.39, 0.29) is 30.7 Å². The average molecular weight is 507 g/mol. The quantitative estimate of drug-likeness (QED) is 0.626. The molecule has 0 spiro atoms. The number of benzene rings is 1. The molecule has 2 N–H and O–H groups in total. The Balaban J connectivity index is 1.39. The maximum Gasteiger partial charge on any atom is 0.413 e. The number of rotatable bonds is 6. The summed E-state index contributed by atoms with van der Waals surface area (Å²) in [4.78, 5) is 32.4. The van der Waals surface area contributed by atoms with Gasteiger partial charge in [0.05, 0.1) is 25.3 Å². The standard InChI is InChI=1S/C24H29F3N6O3/c1-3-28-21(35)29-16-6-4-15(5-7-16)8-9-33-22-30-19(31-12-18-10-17(31)13-36-18)11-20(34)32(22)14-23(33,2)24(25,26)27/h4-7,11,17-18H,3,8-10,12-14H2,1-2H3,(H2,28,29,35)/t17-,18-,23-/m0/s1. The fourth-order valence-electron chi connectivity index (χ4n) is 5.20. The number of hydrogen-bond donors (Lipinski definition) is 2. The molecule has 2 fully saturated rings. The van der Waals surface area contributed by atoms with Crippen molar-refractivity contribution in [2.24, 2.45) is 0 Å². The number of morpholine rings is 1. The number of nitrogens with one attached hydrogen (secondary N) is 2. The van der Waals surface area contributed by atoms with Crippen LogP contribution in [0.4, 0.5) is 35.4 Å². The van der Waals surface area contributed by atoms with Crippen molar-refractivity contribution in [2.75, 3.05) is 41.4 Å². The highest BCUT2D eigenvalue weighted by atomic mass is 19.4. The van der Waals surface area contributed by atoms with Crippen LogP contribution in [0.2, 0.25) is 0 Å². The van der Waals surface area contributed by atoms with Gasteiger partial charge in [0, 0.05) is 31.4 Å². The molecule has 0 aliphatic carbocycles. The smallest absolute Gasteiger partial charge is 0.374 e. The van der Waals surface area contributed by atoms with Gasteiger partial charge in [-0.25, -0.2) is 4.79 Å². The summed E-state index contributed by atoms with van der Waals surface area (Å²) in [6.45, 7) is 4.03. The van der Waals surface area contributed by atoms with E-state index in [1.54, 1.807) is 24.3 Å². The molecule has 9 nitrogen and oxygen atoms in total. The summed E-state index contributed by atoms with van der Waals surface area (Å²) in [6.07, 6.45) is -3.38. The number of amides is 2. The Morgan fingerprint density at radius 3 is 2.64 bits per heavy atom. The number of carbonyl (C=O) groups excluding carboxylic acids is 1. The summed E-state index contributed by atoms with van der Waals surface area (Å²) in [5.41, 5.74) is -1.38. The van der Waals surface area contributed by atoms with E-state index in [0.717, 1.165) is 23.5 Å². The second-order valence-electron chi connectivity index (χ2n) is 9.69. The van der Waals surface area contributed by atoms with Gasteiger partial charge in [-0.2, -0.15) is 18.2 Å². The number of fused-ring (bicyclic) bond motifs is 3. The Bertz CT molecular complexity index is 1200. The van der Waals surface area contributed by atoms with Crippen LogP contribution >= 0.6 is 0 Å². The lowest BCUT2D eigenvalue weighted by atomic mass is 10.00. The number of aromatic nitrogens is 2. The molecule has 0 radical (unpaired) electrons. The SMILES string of the molecule is CCNC(=O)Nc1ccc(CCN2c3nc(N4C[C@@H]5C[C@H]4CO5)cc(=O)n3C[C@@]2(C)C(F)(F)F)cc1. The molecule has 1 aromatic heterocycles. The van der Waals surface area contributed by atoms with E-state index >= 15 is 0 Å². The average Bonchev–Trinajstić information content (AvgIpc) is 3.52. The van der Waals surface area contributed by atoms with Gasteiger partial charge in [0.2, 0.25) is 5.95 Å². The lowest BCUT2D eigenvalue weighted by molar-refractivity contribution is -0.182. The van der Waals surface area contributed by atoms with E-state index in [1.165, 1.54) is 11.0 Å². The number of carbonyl (C=O) groups is 1. The van der Waals surface area contributed by atoms with Crippen LogP contribution in [-0.4, -0.2) is 65.7 Å². The van der Waals surface area contributed by atoms with Gasteiger partial charge in [0.1, 0.15) is 5.82 Å². The first kappa shape index (κ1) is 24.4. The van der Waals surface area contributed by atoms with Crippen molar-refractivity contribution >= 4 is 23.5 Å². The minimum absolute atomic E-state index is 0.0180. The lowest BCUT2D eigenvalue weighted by Gasteiger charge is -2.37. The Morgan fingerprint density at radius 2 is 2.03 bits per heavy atom. The van der Waals surface area contributed by atoms with E-state index in [2.05, 4.69) is 15.6 Å². The number of anilines is 3. The predicted octanol–water partition coefficient (Wildman–Crippen LogP) is 2.75. The summed E-state index contributed by atoms with van der Waals surface area (Å²) in [5.74, 6) is 0.440. The van der Waals surface area contributed by atoms with Gasteiger partial charge in [-0.05, 0) is 44.4 Å². The monoisotopic (exact) mass is 506 g/mol. The zero-order chi connectivity index (χ0) is 25.7. The molecule has 194 valence electrons. The summed E-state index contributed by atoms with van der Waals surface area (Å²) < 4.78 is 49.7. The van der Waals surface area contributed by atoms with E-state index in [4.69, 9.17) is 4.74 Å². The number of halogens is 3. The molecule has 5 rings (SSSR count). The molecule has 3 aliphatic heterocycles. The summed E-state index contributed by atoms with van der Waals surface area (Å²) in [6, 6.07) is 8.03. The number of ether oxygens (including phenoxy) is 1. The number of urea groups is 1. The third-order valence-corrected chi connectivity index (χ3v) is 7.26. The fraction of sp³-hybridized carbons (Fsp3) is 0.542. The first-order valence-corrected chi connectivity index (χ1v) is 12.1. The van der Waals surface area contributed by atoms with Crippen LogP contribution in [0.1, 0.15) is 25.8 Å². The maximum absolute atomic E-state index is 14.3. The molecule has 36 heavy (non-hydrogen) atoms. The Morgan fingerprint density at radius 1 is 1.28 bits per heavy atom. The van der Waals surface area contributed by atoms with Crippen LogP contribution in [0.5, 0.6) is 0 Å². The maximum atomic E-state index is 14.3. The molecule has 2 amide bonds. The lowest BCUT2D eigenvalue weighted by Crippen LogP contribution is -2.56. The van der Waals surface area contributed by atoms with Crippen molar-refractivity contribution in [3.63, 3.8) is 0 Å². The highest BCUT2D eigenvalue weighted by molar-refractivity contribution is 5.89. The molecule has 0 saturated carbocycles. The second-order valence-corrected chi connectivity index (χ2v) is 9.69. The molecule has 2 bridgehead atoms. The molecule has 12 heteroatoms. The minimum Gasteiger partial charge on any atom is -0.374 e. The second kappa shape index (κ2) is 8.99. The molecule has 0 unspecified atom stereocenters. The Kier molecular flexibility index (Phi) is 6.09. The van der Waals surface area contributed by atoms with E-state index < -0.39 is 23.8 Å². The van der Waals surface area contributed by atoms with Crippen molar-refractivity contribution in [3.8, 4) is 0 Å². The van der Waals surface area contributed by atoms with Crippen molar-refractivity contribution in [1.29, 1.82) is 0 Å². The highest BCUT2D eigenvalue weighted by Gasteiger charge is 2.59. The van der Waals surface area contributed by atoms with E-state index in [1.807, 2.05) is 11.8 Å². The van der Waals surface area contributed by atoms with Gasteiger partial charge in [0.25, 0.3) is 5.56 Å². The van der Waals surface area contributed by atoms with Gasteiger partial charge in [0.15, 0.2) is 5.54 Å². The van der Waals surface area contributed by atoms with Crippen LogP contribution in [0, 0.1) is 0 Å². The first-order chi connectivity index (χ1) is 17.1. The van der Waals surface area contributed by atoms with Crippen molar-refractivity contribution in [2.45, 2.75) is 57.1 Å². The Labute approximate surface area is 206 Å². The summed E-state index contributed by atoms with van der Waals surface area (Å²) in [5, 5.41) is 5.33. The predicted molar refractivity (Wildman–Crippen MR) is 129 cm³/mol. The topological polar surface area (TPSA) is 91.7 Å². The minimum atomic E-state index is -4.58. The van der Waals surface area contributed by atoms with Crippen molar-refractivity contribution in [3.05, 3.63) is 46.2 Å². The van der Waals surface area contributed by atoms with E-state index in [9.17, 15) is 22.8 Å². The van der Waals surface area contributed by atoms with E-state index in [0.29, 0.717) is 37.6 Å². The van der Waals surface area contributed by atoms with Crippen LogP contribution in [0.15, 0.2) is 35.1 Å². The van der Waals surface area contributed by atoms with Crippen molar-refractivity contribution < 1.29 is 22.7 Å². The van der Waals surface area contributed by atoms with Crippen molar-refractivity contribution in [1.82, 2.24) is 14.9 Å². The summed E-state index contributed by atoms with van der Waals surface area (Å²) in [7, 11) is 0. The molecule has 2 saturated heterocycles. The van der Waals surface area contributed by atoms with Crippen LogP contribution < -0.4 is 26.0 Å². The van der Waals surface area contributed by atoms with Crippen LogP contribution in [0.25, 0.3) is 0 Å². The third-order valence-electron chi connectivity index (χ3n) is 7.26. The highest BCUT2D eigenvalue weighted by Crippen LogP contribution is 2.43. The molecular formula is C24H29F3N6O3. The zero-order valence-corrected chi connectivity index (χ0v) is 20.1. The van der Waals surface area contributed by atoms with Gasteiger partial charge >= 0.3 is 12.2 Å². The van der Waals surface area contributed by atoms with Gasteiger partial charge in [-0.3, -0.25) is 9.36 Å². The van der Waals surface area contributed by atoms with Crippen LogP contribution in [0.3, 0.4) is 0 Å². The van der Waals surface area contributed by atoms with Gasteiger partial charge < -0.3 is 25.2 Å². The third kappa shape index (κ3) is 4.27. The largest absolute Gasteiger partial charge is 0.413 e. The summed E-state index contributed by atoms with van der Waals surface area (Å²) >= 11 is 0. The first-order valence-electron chi connectivity index (χ1n) is 12.1. The molecular weight excluding hydrogens is 477 g/mol. The number of alkyl halides is 3. The molecule has 3 atom stereocenters.